The van der Waals surface area contributed by atoms with Gasteiger partial charge in [-0.1, -0.05) is 62.4 Å². The van der Waals surface area contributed by atoms with E-state index in [1.54, 1.807) is 0 Å². The Balaban J connectivity index is 1.66. The summed E-state index contributed by atoms with van der Waals surface area (Å²) in [4.78, 5) is 12.9. The molecule has 0 spiro atoms. The van der Waals surface area contributed by atoms with Gasteiger partial charge in [0.2, 0.25) is 0 Å². The molecule has 1 aliphatic carbocycles. The lowest BCUT2D eigenvalue weighted by Crippen LogP contribution is -2.28. The zero-order valence-corrected chi connectivity index (χ0v) is 15.8. The highest BCUT2D eigenvalue weighted by molar-refractivity contribution is 6.00. The number of ether oxygens (including phenoxy) is 1. The zero-order chi connectivity index (χ0) is 18.9. The molecule has 0 bridgehead atoms. The number of nitrogens with zero attached hydrogens (tertiary/aromatic N) is 2. The van der Waals surface area contributed by atoms with Crippen LogP contribution in [0.2, 0.25) is 0 Å². The van der Waals surface area contributed by atoms with E-state index in [4.69, 9.17) is 9.84 Å². The van der Waals surface area contributed by atoms with E-state index in [0.29, 0.717) is 19.6 Å². The summed E-state index contributed by atoms with van der Waals surface area (Å²) in [6.45, 7) is 5.13. The van der Waals surface area contributed by atoms with Crippen molar-refractivity contribution in [2.24, 2.45) is 5.41 Å². The summed E-state index contributed by atoms with van der Waals surface area (Å²) in [5, 5.41) is 4.78. The van der Waals surface area contributed by atoms with Gasteiger partial charge in [-0.25, -0.2) is 4.68 Å². The summed E-state index contributed by atoms with van der Waals surface area (Å²) in [6.07, 6.45) is 1.38. The lowest BCUT2D eigenvalue weighted by Gasteiger charge is -2.29. The van der Waals surface area contributed by atoms with Crippen molar-refractivity contribution in [3.05, 3.63) is 83.2 Å². The molecule has 4 nitrogen and oxygen atoms in total. The molecule has 138 valence electrons. The van der Waals surface area contributed by atoms with Crippen molar-refractivity contribution in [1.29, 1.82) is 0 Å². The van der Waals surface area contributed by atoms with Crippen LogP contribution in [0.15, 0.2) is 60.7 Å². The second-order valence-electron chi connectivity index (χ2n) is 7.94. The number of benzene rings is 2. The maximum Gasteiger partial charge on any atom is 0.167 e. The van der Waals surface area contributed by atoms with Crippen molar-refractivity contribution >= 4 is 5.78 Å². The lowest BCUT2D eigenvalue weighted by molar-refractivity contribution is 0.0886. The Morgan fingerprint density at radius 3 is 2.33 bits per heavy atom. The third kappa shape index (κ3) is 3.71. The monoisotopic (exact) mass is 360 g/mol. The van der Waals surface area contributed by atoms with Gasteiger partial charge in [0.25, 0.3) is 0 Å². The van der Waals surface area contributed by atoms with E-state index in [2.05, 4.69) is 13.8 Å². The highest BCUT2D eigenvalue weighted by atomic mass is 16.5. The second-order valence-corrected chi connectivity index (χ2v) is 7.94. The third-order valence-electron chi connectivity index (χ3n) is 4.97. The second kappa shape index (κ2) is 7.12. The maximum atomic E-state index is 12.9. The van der Waals surface area contributed by atoms with Crippen molar-refractivity contribution < 1.29 is 9.53 Å². The average molecular weight is 360 g/mol. The molecule has 0 unspecified atom stereocenters. The van der Waals surface area contributed by atoms with Crippen LogP contribution in [-0.2, 0) is 24.4 Å². The van der Waals surface area contributed by atoms with Gasteiger partial charge in [-0.05, 0) is 29.5 Å². The molecule has 0 radical (unpaired) electrons. The van der Waals surface area contributed by atoms with E-state index in [1.807, 2.05) is 65.3 Å². The average Bonchev–Trinajstić information content (AvgIpc) is 3.01. The van der Waals surface area contributed by atoms with Crippen LogP contribution < -0.4 is 0 Å². The van der Waals surface area contributed by atoms with Crippen molar-refractivity contribution in [1.82, 2.24) is 9.78 Å². The van der Waals surface area contributed by atoms with Crippen LogP contribution in [-0.4, -0.2) is 15.6 Å². The van der Waals surface area contributed by atoms with Crippen molar-refractivity contribution in [2.45, 2.75) is 39.9 Å². The molecule has 1 heterocycles. The molecular formula is C23H24N2O2. The first-order chi connectivity index (χ1) is 13.0. The van der Waals surface area contributed by atoms with Crippen molar-refractivity contribution in [2.75, 3.05) is 0 Å². The van der Waals surface area contributed by atoms with Gasteiger partial charge in [0.05, 0.1) is 35.9 Å². The normalized spacial score (nSPS) is 15.6. The number of hydrogen-bond acceptors (Lipinski definition) is 3. The Morgan fingerprint density at radius 2 is 1.63 bits per heavy atom. The van der Waals surface area contributed by atoms with Gasteiger partial charge >= 0.3 is 0 Å². The SMILES string of the molecule is CC1(C)CC(=O)c2c(COCc3ccccc3)nn(-c3ccccc3)c2C1. The minimum atomic E-state index is -0.0567. The maximum absolute atomic E-state index is 12.9. The van der Waals surface area contributed by atoms with Crippen LogP contribution in [0.3, 0.4) is 0 Å². The van der Waals surface area contributed by atoms with Crippen LogP contribution >= 0.6 is 0 Å². The van der Waals surface area contributed by atoms with E-state index < -0.39 is 0 Å². The summed E-state index contributed by atoms with van der Waals surface area (Å²) < 4.78 is 7.82. The van der Waals surface area contributed by atoms with E-state index in [-0.39, 0.29) is 11.2 Å². The lowest BCUT2D eigenvalue weighted by atomic mass is 9.75. The number of Topliss-reactive ketones (excluding diaryl/α,β-unsaturated/α-hetero) is 1. The Hall–Kier alpha value is -2.72. The summed E-state index contributed by atoms with van der Waals surface area (Å²) in [5.74, 6) is 0.168. The number of rotatable bonds is 5. The van der Waals surface area contributed by atoms with Gasteiger partial charge in [0.15, 0.2) is 5.78 Å². The number of aromatic nitrogens is 2. The molecule has 2 aromatic carbocycles. The van der Waals surface area contributed by atoms with Gasteiger partial charge in [0, 0.05) is 6.42 Å². The van der Waals surface area contributed by atoms with Crippen molar-refractivity contribution in [3.8, 4) is 5.69 Å². The van der Waals surface area contributed by atoms with Crippen molar-refractivity contribution in [3.63, 3.8) is 0 Å². The van der Waals surface area contributed by atoms with Gasteiger partial charge < -0.3 is 4.74 Å². The number of carbonyl (C=O) groups is 1. The highest BCUT2D eigenvalue weighted by Crippen LogP contribution is 2.37. The predicted molar refractivity (Wildman–Crippen MR) is 105 cm³/mol. The Bertz CT molecular complexity index is 943. The third-order valence-corrected chi connectivity index (χ3v) is 4.97. The van der Waals surface area contributed by atoms with Gasteiger partial charge in [-0.2, -0.15) is 5.10 Å². The molecule has 27 heavy (non-hydrogen) atoms. The highest BCUT2D eigenvalue weighted by Gasteiger charge is 2.36. The number of carbonyl (C=O) groups excluding carboxylic acids is 1. The first-order valence-electron chi connectivity index (χ1n) is 9.34. The number of fused-ring (bicyclic) bond motifs is 1. The molecular weight excluding hydrogens is 336 g/mol. The first kappa shape index (κ1) is 17.7. The molecule has 0 atom stereocenters. The van der Waals surface area contributed by atoms with Gasteiger partial charge in [0.1, 0.15) is 0 Å². The Morgan fingerprint density at radius 1 is 0.963 bits per heavy atom. The van der Waals surface area contributed by atoms with E-state index >= 15 is 0 Å². The summed E-state index contributed by atoms with van der Waals surface area (Å²) >= 11 is 0. The smallest absolute Gasteiger partial charge is 0.167 e. The standard InChI is InChI=1S/C23H24N2O2/c1-23(2)13-20-22(21(26)14-23)19(16-27-15-17-9-5-3-6-10-17)24-25(20)18-11-7-4-8-12-18/h3-12H,13-16H2,1-2H3. The molecule has 1 aliphatic rings. The molecule has 0 N–H and O–H groups in total. The van der Waals surface area contributed by atoms with Crippen LogP contribution in [0, 0.1) is 5.41 Å². The minimum Gasteiger partial charge on any atom is -0.370 e. The van der Waals surface area contributed by atoms with E-state index in [0.717, 1.165) is 34.6 Å². The molecule has 3 aromatic rings. The quantitative estimate of drug-likeness (QED) is 0.660. The molecule has 0 saturated carbocycles. The largest absolute Gasteiger partial charge is 0.370 e. The Kier molecular flexibility index (Phi) is 4.66. The topological polar surface area (TPSA) is 44.1 Å². The summed E-state index contributed by atoms with van der Waals surface area (Å²) in [7, 11) is 0. The fourth-order valence-electron chi connectivity index (χ4n) is 3.75. The molecule has 1 aromatic heterocycles. The van der Waals surface area contributed by atoms with Gasteiger partial charge in [-0.3, -0.25) is 4.79 Å². The molecule has 0 aliphatic heterocycles. The fraction of sp³-hybridized carbons (Fsp3) is 0.304. The summed E-state index contributed by atoms with van der Waals surface area (Å²) in [5.41, 5.74) is 4.53. The van der Waals surface area contributed by atoms with Gasteiger partial charge in [-0.15, -0.1) is 0 Å². The fourth-order valence-corrected chi connectivity index (χ4v) is 3.75. The van der Waals surface area contributed by atoms with Crippen LogP contribution in [0.5, 0.6) is 0 Å². The molecule has 4 rings (SSSR count). The van der Waals surface area contributed by atoms with Crippen LogP contribution in [0.4, 0.5) is 0 Å². The van der Waals surface area contributed by atoms with Crippen LogP contribution in [0.25, 0.3) is 5.69 Å². The Labute approximate surface area is 159 Å². The van der Waals surface area contributed by atoms with Crippen LogP contribution in [0.1, 0.15) is 47.6 Å². The summed E-state index contributed by atoms with van der Waals surface area (Å²) in [6, 6.07) is 20.1. The number of hydrogen-bond donors (Lipinski definition) is 0. The zero-order valence-electron chi connectivity index (χ0n) is 15.8. The minimum absolute atomic E-state index is 0.0567. The number of para-hydroxylation sites is 1. The molecule has 0 amide bonds. The molecule has 4 heteroatoms. The molecule has 0 fully saturated rings. The first-order valence-corrected chi connectivity index (χ1v) is 9.34. The molecule has 0 saturated heterocycles. The van der Waals surface area contributed by atoms with E-state index in [9.17, 15) is 4.79 Å². The predicted octanol–water partition coefficient (Wildman–Crippen LogP) is 4.74. The number of ketones is 1. The van der Waals surface area contributed by atoms with E-state index in [1.165, 1.54) is 0 Å².